The molecule has 1 saturated carbocycles. The van der Waals surface area contributed by atoms with Crippen molar-refractivity contribution in [1.29, 1.82) is 0 Å². The number of aliphatic hydroxyl groups excluding tert-OH is 1. The van der Waals surface area contributed by atoms with Crippen LogP contribution < -0.4 is 11.1 Å². The van der Waals surface area contributed by atoms with Crippen LogP contribution in [0.25, 0.3) is 0 Å². The smallest absolute Gasteiger partial charge is 0.407 e. The topological polar surface area (TPSA) is 122 Å². The number of hydrogen-bond donors (Lipinski definition) is 4. The summed E-state index contributed by atoms with van der Waals surface area (Å²) in [5, 5.41) is 20.2. The summed E-state index contributed by atoms with van der Waals surface area (Å²) >= 11 is 0. The van der Waals surface area contributed by atoms with Gasteiger partial charge in [-0.3, -0.25) is 0 Å². The minimum absolute atomic E-state index is 0.0752. The lowest BCUT2D eigenvalue weighted by molar-refractivity contribution is -0.146. The van der Waals surface area contributed by atoms with Crippen LogP contribution in [0, 0.1) is 0 Å². The van der Waals surface area contributed by atoms with Gasteiger partial charge in [-0.25, -0.2) is 9.59 Å². The average Bonchev–Trinajstić information content (AvgIpc) is 2.64. The summed E-state index contributed by atoms with van der Waals surface area (Å²) < 4.78 is 5.18. The minimum atomic E-state index is -1.41. The zero-order valence-electron chi connectivity index (χ0n) is 17.6. The third kappa shape index (κ3) is 10.9. The molecule has 0 radical (unpaired) electrons. The Morgan fingerprint density at radius 1 is 1.14 bits per heavy atom. The van der Waals surface area contributed by atoms with E-state index >= 15 is 0 Å². The Morgan fingerprint density at radius 3 is 2.14 bits per heavy atom. The fourth-order valence-electron chi connectivity index (χ4n) is 2.58. The molecule has 0 aliphatic heterocycles. The summed E-state index contributed by atoms with van der Waals surface area (Å²) in [6, 6.07) is 8.42. The zero-order chi connectivity index (χ0) is 21.7. The first-order chi connectivity index (χ1) is 13.1. The van der Waals surface area contributed by atoms with Gasteiger partial charge < -0.3 is 26.0 Å². The van der Waals surface area contributed by atoms with Crippen LogP contribution in [-0.4, -0.2) is 40.0 Å². The Kier molecular flexibility index (Phi) is 12.1. The Balaban J connectivity index is 0.000000497. The molecule has 3 atom stereocenters. The van der Waals surface area contributed by atoms with Crippen LogP contribution >= 0.6 is 0 Å². The highest BCUT2D eigenvalue weighted by Crippen LogP contribution is 2.17. The van der Waals surface area contributed by atoms with Crippen molar-refractivity contribution in [2.75, 3.05) is 0 Å². The van der Waals surface area contributed by atoms with Crippen LogP contribution in [0.2, 0.25) is 0 Å². The van der Waals surface area contributed by atoms with Crippen molar-refractivity contribution in [3.8, 4) is 0 Å². The van der Waals surface area contributed by atoms with Gasteiger partial charge in [-0.2, -0.15) is 0 Å². The fourth-order valence-corrected chi connectivity index (χ4v) is 2.58. The predicted molar refractivity (Wildman–Crippen MR) is 110 cm³/mol. The molecular weight excluding hydrogens is 360 g/mol. The number of carboxylic acid groups (broad SMARTS) is 1. The molecule has 0 heterocycles. The van der Waals surface area contributed by atoms with Crippen LogP contribution in [-0.2, 0) is 9.53 Å². The molecule has 1 aliphatic carbocycles. The number of aliphatic hydroxyl groups is 1. The highest BCUT2D eigenvalue weighted by Gasteiger charge is 2.25. The van der Waals surface area contributed by atoms with E-state index in [0.29, 0.717) is 5.56 Å². The number of hydrogen-bond acceptors (Lipinski definition) is 5. The number of carbonyl (C=O) groups is 2. The number of alkyl carbamates (subject to hydrolysis) is 1. The number of nitrogens with two attached hydrogens (primary N) is 1. The van der Waals surface area contributed by atoms with E-state index in [1.165, 1.54) is 0 Å². The lowest BCUT2D eigenvalue weighted by atomic mass is 9.91. The summed E-state index contributed by atoms with van der Waals surface area (Å²) in [5.74, 6) is -1.23. The standard InChI is InChI=1S/C11H22N2O2.C8H8O3.C2H6/c1-11(2,3)15-10(14)13-9-7-5-4-6-8(9)12;9-7(8(10)11)6-4-2-1-3-5-6;1-2/h8-9H,4-7,12H2,1-3H3,(H,13,14);1-5,7,9H,(H,10,11);1-2H3/t8-,9+;;/m1../s1. The van der Waals surface area contributed by atoms with E-state index in [-0.39, 0.29) is 18.2 Å². The molecule has 160 valence electrons. The second-order valence-electron chi connectivity index (χ2n) is 7.35. The van der Waals surface area contributed by atoms with E-state index in [4.69, 9.17) is 20.7 Å². The van der Waals surface area contributed by atoms with Crippen LogP contribution in [0.4, 0.5) is 4.79 Å². The molecule has 1 amide bonds. The predicted octanol–water partition coefficient (Wildman–Crippen LogP) is 3.61. The molecule has 5 N–H and O–H groups in total. The molecule has 2 rings (SSSR count). The van der Waals surface area contributed by atoms with Gasteiger partial charge in [0.15, 0.2) is 6.10 Å². The van der Waals surface area contributed by atoms with Gasteiger partial charge in [0.05, 0.1) is 0 Å². The van der Waals surface area contributed by atoms with E-state index in [1.54, 1.807) is 30.3 Å². The van der Waals surface area contributed by atoms with Gasteiger partial charge in [-0.1, -0.05) is 57.0 Å². The van der Waals surface area contributed by atoms with Crippen molar-refractivity contribution >= 4 is 12.1 Å². The van der Waals surface area contributed by atoms with E-state index in [2.05, 4.69) is 5.32 Å². The largest absolute Gasteiger partial charge is 0.479 e. The fraction of sp³-hybridized carbons (Fsp3) is 0.619. The number of amides is 1. The summed E-state index contributed by atoms with van der Waals surface area (Å²) in [4.78, 5) is 21.7. The van der Waals surface area contributed by atoms with Crippen molar-refractivity contribution in [2.24, 2.45) is 5.73 Å². The maximum absolute atomic E-state index is 11.5. The zero-order valence-corrected chi connectivity index (χ0v) is 17.6. The molecule has 1 aromatic rings. The van der Waals surface area contributed by atoms with Crippen molar-refractivity contribution < 1.29 is 24.5 Å². The summed E-state index contributed by atoms with van der Waals surface area (Å²) in [7, 11) is 0. The monoisotopic (exact) mass is 396 g/mol. The third-order valence-electron chi connectivity index (χ3n) is 3.87. The number of carbonyl (C=O) groups excluding carboxylic acids is 1. The number of nitrogens with one attached hydrogen (secondary N) is 1. The molecule has 0 spiro atoms. The summed E-state index contributed by atoms with van der Waals surface area (Å²) in [6.07, 6.45) is 2.48. The SMILES string of the molecule is CC.CC(C)(C)OC(=O)N[C@H]1CCCC[C@H]1N.O=C(O)C(O)c1ccccc1. The van der Waals surface area contributed by atoms with Crippen molar-refractivity contribution in [3.05, 3.63) is 35.9 Å². The van der Waals surface area contributed by atoms with E-state index in [1.807, 2.05) is 34.6 Å². The maximum atomic E-state index is 11.5. The van der Waals surface area contributed by atoms with Gasteiger partial charge in [0.2, 0.25) is 0 Å². The first-order valence-corrected chi connectivity index (χ1v) is 9.81. The van der Waals surface area contributed by atoms with Gasteiger partial charge in [0, 0.05) is 12.1 Å². The molecule has 1 aromatic carbocycles. The van der Waals surface area contributed by atoms with E-state index in [9.17, 15) is 9.59 Å². The Morgan fingerprint density at radius 2 is 1.68 bits per heavy atom. The Labute approximate surface area is 168 Å². The lowest BCUT2D eigenvalue weighted by Crippen LogP contribution is -2.50. The number of rotatable bonds is 3. The van der Waals surface area contributed by atoms with Crippen molar-refractivity contribution in [2.45, 2.75) is 84.1 Å². The quantitative estimate of drug-likeness (QED) is 0.619. The minimum Gasteiger partial charge on any atom is -0.479 e. The lowest BCUT2D eigenvalue weighted by Gasteiger charge is -2.30. The van der Waals surface area contributed by atoms with E-state index < -0.39 is 17.7 Å². The van der Waals surface area contributed by atoms with Crippen LogP contribution in [0.1, 0.15) is 72.0 Å². The van der Waals surface area contributed by atoms with Gasteiger partial charge in [-0.05, 0) is 39.2 Å². The molecule has 0 aromatic heterocycles. The van der Waals surface area contributed by atoms with Crippen molar-refractivity contribution in [1.82, 2.24) is 5.32 Å². The van der Waals surface area contributed by atoms with Gasteiger partial charge in [0.1, 0.15) is 5.60 Å². The second-order valence-corrected chi connectivity index (χ2v) is 7.35. The molecule has 7 nitrogen and oxygen atoms in total. The Hall–Kier alpha value is -2.12. The summed E-state index contributed by atoms with van der Waals surface area (Å²) in [6.45, 7) is 9.56. The first kappa shape index (κ1) is 25.9. The van der Waals surface area contributed by atoms with E-state index in [0.717, 1.165) is 25.7 Å². The molecule has 0 bridgehead atoms. The molecule has 7 heteroatoms. The first-order valence-electron chi connectivity index (χ1n) is 9.81. The van der Waals surface area contributed by atoms with Gasteiger partial charge in [-0.15, -0.1) is 0 Å². The highest BCUT2D eigenvalue weighted by molar-refractivity contribution is 5.73. The number of carboxylic acids is 1. The number of benzene rings is 1. The van der Waals surface area contributed by atoms with Crippen LogP contribution in [0.5, 0.6) is 0 Å². The van der Waals surface area contributed by atoms with Gasteiger partial charge in [0.25, 0.3) is 0 Å². The number of aliphatic carboxylic acids is 1. The normalized spacial score (nSPS) is 19.7. The molecule has 0 saturated heterocycles. The molecule has 28 heavy (non-hydrogen) atoms. The number of ether oxygens (including phenoxy) is 1. The summed E-state index contributed by atoms with van der Waals surface area (Å²) in [5.41, 5.74) is 5.88. The van der Waals surface area contributed by atoms with Crippen molar-refractivity contribution in [3.63, 3.8) is 0 Å². The highest BCUT2D eigenvalue weighted by atomic mass is 16.6. The molecule has 1 aliphatic rings. The second kappa shape index (κ2) is 13.1. The molecular formula is C21H36N2O5. The van der Waals surface area contributed by atoms with Gasteiger partial charge >= 0.3 is 12.1 Å². The third-order valence-corrected chi connectivity index (χ3v) is 3.87. The maximum Gasteiger partial charge on any atom is 0.407 e. The molecule has 1 fully saturated rings. The Bertz CT molecular complexity index is 572. The average molecular weight is 397 g/mol. The molecule has 1 unspecified atom stereocenters. The van der Waals surface area contributed by atoms with Crippen LogP contribution in [0.3, 0.4) is 0 Å². The van der Waals surface area contributed by atoms with Crippen LogP contribution in [0.15, 0.2) is 30.3 Å².